The minimum atomic E-state index is -1.29. The summed E-state index contributed by atoms with van der Waals surface area (Å²) in [7, 11) is 1.84. The van der Waals surface area contributed by atoms with E-state index in [1.807, 2.05) is 11.9 Å². The minimum absolute atomic E-state index is 0.0427. The molecule has 2 aromatic rings. The zero-order valence-electron chi connectivity index (χ0n) is 15.1. The number of hydrogen-bond donors (Lipinski definition) is 2. The average molecular weight is 375 g/mol. The maximum absolute atomic E-state index is 14.9. The van der Waals surface area contributed by atoms with E-state index in [1.54, 1.807) is 6.07 Å². The number of aromatic nitrogens is 1. The van der Waals surface area contributed by atoms with Crippen molar-refractivity contribution in [1.29, 1.82) is 0 Å². The van der Waals surface area contributed by atoms with Gasteiger partial charge in [0.2, 0.25) is 0 Å². The van der Waals surface area contributed by atoms with Crippen LogP contribution in [0.4, 0.5) is 10.1 Å². The lowest BCUT2D eigenvalue weighted by atomic mass is 10.1. The fourth-order valence-corrected chi connectivity index (χ4v) is 3.73. The van der Waals surface area contributed by atoms with Gasteiger partial charge in [0.05, 0.1) is 30.1 Å². The molecule has 2 aliphatic rings. The summed E-state index contributed by atoms with van der Waals surface area (Å²) in [6.45, 7) is 2.27. The number of nitrogens with zero attached hydrogens (tertiary/aromatic N) is 2. The van der Waals surface area contributed by atoms with Gasteiger partial charge in [-0.3, -0.25) is 9.20 Å². The number of hydrogen-bond acceptors (Lipinski definition) is 5. The number of rotatable bonds is 5. The maximum atomic E-state index is 14.9. The Morgan fingerprint density at radius 2 is 2.19 bits per heavy atom. The molecule has 4 rings (SSSR count). The molecule has 1 aliphatic carbocycles. The number of carboxylic acids is 1. The highest BCUT2D eigenvalue weighted by molar-refractivity contribution is 5.88. The molecule has 1 saturated heterocycles. The monoisotopic (exact) mass is 375 g/mol. The number of likely N-dealkylation sites (N-methyl/N-ethyl adjacent to an activating group) is 1. The Bertz CT molecular complexity index is 952. The molecule has 0 aromatic carbocycles. The lowest BCUT2D eigenvalue weighted by molar-refractivity contribution is 0.0419. The van der Waals surface area contributed by atoms with Gasteiger partial charge in [-0.25, -0.2) is 9.18 Å². The van der Waals surface area contributed by atoms with Gasteiger partial charge < -0.3 is 20.1 Å². The lowest BCUT2D eigenvalue weighted by Gasteiger charge is -2.34. The lowest BCUT2D eigenvalue weighted by Crippen LogP contribution is -2.46. The third kappa shape index (κ3) is 3.30. The summed E-state index contributed by atoms with van der Waals surface area (Å²) < 4.78 is 21.7. The zero-order valence-corrected chi connectivity index (χ0v) is 15.1. The molecule has 1 saturated carbocycles. The molecule has 0 spiro atoms. The van der Waals surface area contributed by atoms with Gasteiger partial charge >= 0.3 is 5.97 Å². The van der Waals surface area contributed by atoms with E-state index in [2.05, 4.69) is 5.32 Å². The summed E-state index contributed by atoms with van der Waals surface area (Å²) in [5, 5.41) is 12.4. The Kier molecular flexibility index (Phi) is 4.61. The van der Waals surface area contributed by atoms with Crippen molar-refractivity contribution in [3.8, 4) is 0 Å². The van der Waals surface area contributed by atoms with E-state index in [-0.39, 0.29) is 17.6 Å². The van der Waals surface area contributed by atoms with Gasteiger partial charge in [0.1, 0.15) is 5.56 Å². The molecule has 0 radical (unpaired) electrons. The van der Waals surface area contributed by atoms with E-state index in [0.29, 0.717) is 37.4 Å². The van der Waals surface area contributed by atoms with E-state index in [9.17, 15) is 19.1 Å². The van der Waals surface area contributed by atoms with Crippen molar-refractivity contribution < 1.29 is 19.0 Å². The first-order valence-electron chi connectivity index (χ1n) is 9.13. The van der Waals surface area contributed by atoms with Crippen LogP contribution in [0.1, 0.15) is 34.7 Å². The van der Waals surface area contributed by atoms with Crippen molar-refractivity contribution >= 4 is 17.2 Å². The Balaban J connectivity index is 1.83. The van der Waals surface area contributed by atoms with Gasteiger partial charge in [-0.15, -0.1) is 0 Å². The van der Waals surface area contributed by atoms with Gasteiger partial charge in [0.15, 0.2) is 5.82 Å². The maximum Gasteiger partial charge on any atom is 0.341 e. The Morgan fingerprint density at radius 1 is 1.41 bits per heavy atom. The number of carbonyl (C=O) groups is 1. The molecule has 1 atom stereocenters. The minimum Gasteiger partial charge on any atom is -0.477 e. The molecule has 1 unspecified atom stereocenters. The molecule has 0 bridgehead atoms. The number of morpholine rings is 1. The first kappa shape index (κ1) is 17.9. The largest absolute Gasteiger partial charge is 0.477 e. The highest BCUT2D eigenvalue weighted by Crippen LogP contribution is 2.42. The van der Waals surface area contributed by atoms with Crippen LogP contribution in [0, 0.1) is 5.82 Å². The molecule has 1 aliphatic heterocycles. The van der Waals surface area contributed by atoms with Crippen LogP contribution in [-0.2, 0) is 4.74 Å². The molecule has 27 heavy (non-hydrogen) atoms. The summed E-state index contributed by atoms with van der Waals surface area (Å²) in [5.74, 6) is -1.61. The van der Waals surface area contributed by atoms with Gasteiger partial charge in [-0.05, 0) is 43.5 Å². The van der Waals surface area contributed by atoms with Crippen LogP contribution in [0.5, 0.6) is 0 Å². The number of carboxylic acid groups (broad SMARTS) is 1. The number of fused-ring (bicyclic) bond motifs is 1. The third-order valence-corrected chi connectivity index (χ3v) is 5.22. The van der Waals surface area contributed by atoms with E-state index in [0.717, 1.165) is 29.0 Å². The second-order valence-corrected chi connectivity index (χ2v) is 7.16. The second-order valence-electron chi connectivity index (χ2n) is 7.16. The van der Waals surface area contributed by atoms with Crippen molar-refractivity contribution in [3.05, 3.63) is 45.6 Å². The van der Waals surface area contributed by atoms with Crippen LogP contribution >= 0.6 is 0 Å². The van der Waals surface area contributed by atoms with Gasteiger partial charge in [0.25, 0.3) is 5.56 Å². The van der Waals surface area contributed by atoms with Crippen molar-refractivity contribution in [2.75, 3.05) is 38.2 Å². The van der Waals surface area contributed by atoms with Crippen molar-refractivity contribution in [3.63, 3.8) is 0 Å². The molecular weight excluding hydrogens is 353 g/mol. The van der Waals surface area contributed by atoms with E-state index >= 15 is 0 Å². The number of ether oxygens (including phenoxy) is 1. The second kappa shape index (κ2) is 6.94. The van der Waals surface area contributed by atoms with Crippen molar-refractivity contribution in [1.82, 2.24) is 9.72 Å². The SMILES string of the molecule is CNCC1CN(c2cc3c(C4CC4)cc(C(=O)O)c(=O)n3cc2F)CCO1. The molecule has 144 valence electrons. The summed E-state index contributed by atoms with van der Waals surface area (Å²) in [4.78, 5) is 25.9. The summed E-state index contributed by atoms with van der Waals surface area (Å²) in [5.41, 5.74) is 0.780. The van der Waals surface area contributed by atoms with E-state index in [4.69, 9.17) is 4.74 Å². The quantitative estimate of drug-likeness (QED) is 0.823. The molecule has 2 fully saturated rings. The number of pyridine rings is 2. The van der Waals surface area contributed by atoms with Crippen molar-refractivity contribution in [2.45, 2.75) is 24.9 Å². The predicted molar refractivity (Wildman–Crippen MR) is 98.4 cm³/mol. The first-order chi connectivity index (χ1) is 13.0. The normalized spacial score (nSPS) is 20.2. The number of halogens is 1. The average Bonchev–Trinajstić information content (AvgIpc) is 3.47. The highest BCUT2D eigenvalue weighted by Gasteiger charge is 2.30. The smallest absolute Gasteiger partial charge is 0.341 e. The Labute approximate surface area is 155 Å². The standard InChI is InChI=1S/C19H22FN3O4/c1-21-8-12-9-22(4-5-27-12)17-7-16-13(11-2-3-11)6-14(19(25)26)18(24)23(16)10-15(17)20/h6-7,10-12,21H,2-5,8-9H2,1H3,(H,25,26). The number of anilines is 1. The fraction of sp³-hybridized carbons (Fsp3) is 0.474. The molecule has 8 heteroatoms. The first-order valence-corrected chi connectivity index (χ1v) is 9.13. The third-order valence-electron chi connectivity index (χ3n) is 5.22. The molecule has 3 heterocycles. The number of nitrogens with one attached hydrogen (secondary N) is 1. The van der Waals surface area contributed by atoms with Crippen LogP contribution < -0.4 is 15.8 Å². The van der Waals surface area contributed by atoms with Crippen molar-refractivity contribution in [2.24, 2.45) is 0 Å². The summed E-state index contributed by atoms with van der Waals surface area (Å²) in [6, 6.07) is 3.14. The van der Waals surface area contributed by atoms with Crippen LogP contribution in [-0.4, -0.2) is 54.9 Å². The Morgan fingerprint density at radius 3 is 2.85 bits per heavy atom. The summed E-state index contributed by atoms with van der Waals surface area (Å²) in [6.07, 6.45) is 2.97. The van der Waals surface area contributed by atoms with Gasteiger partial charge in [0, 0.05) is 19.6 Å². The fourth-order valence-electron chi connectivity index (χ4n) is 3.73. The van der Waals surface area contributed by atoms with Crippen LogP contribution in [0.3, 0.4) is 0 Å². The topological polar surface area (TPSA) is 83.3 Å². The van der Waals surface area contributed by atoms with Crippen LogP contribution in [0.2, 0.25) is 0 Å². The van der Waals surface area contributed by atoms with E-state index < -0.39 is 17.3 Å². The van der Waals surface area contributed by atoms with E-state index in [1.165, 1.54) is 6.07 Å². The Hall–Kier alpha value is -2.45. The molecule has 2 N–H and O–H groups in total. The molecular formula is C19H22FN3O4. The van der Waals surface area contributed by atoms with Gasteiger partial charge in [-0.1, -0.05) is 0 Å². The molecule has 0 amide bonds. The summed E-state index contributed by atoms with van der Waals surface area (Å²) >= 11 is 0. The predicted octanol–water partition coefficient (Wildman–Crippen LogP) is 1.44. The van der Waals surface area contributed by atoms with Gasteiger partial charge in [-0.2, -0.15) is 0 Å². The molecule has 7 nitrogen and oxygen atoms in total. The highest BCUT2D eigenvalue weighted by atomic mass is 19.1. The van der Waals surface area contributed by atoms with Crippen LogP contribution in [0.15, 0.2) is 23.1 Å². The van der Waals surface area contributed by atoms with Crippen LogP contribution in [0.25, 0.3) is 5.52 Å². The zero-order chi connectivity index (χ0) is 19.1. The number of aromatic carboxylic acids is 1. The molecule has 2 aromatic heterocycles.